The van der Waals surface area contributed by atoms with Crippen molar-refractivity contribution in [3.05, 3.63) is 34.9 Å². The summed E-state index contributed by atoms with van der Waals surface area (Å²) in [7, 11) is 0. The third-order valence-electron chi connectivity index (χ3n) is 7.14. The zero-order valence-electron chi connectivity index (χ0n) is 17.6. The highest BCUT2D eigenvalue weighted by atomic mass is 32.1. The lowest BCUT2D eigenvalue weighted by Gasteiger charge is -2.33. The molecule has 2 amide bonds. The standard InChI is InChI=1S/C24H29N3O2S/c1-16-25-20-14-18(7-8-21(20)30-16)26-23(29)19-15-24(19)9-11-27(12-10-24)22(28)13-17-5-3-2-4-6-17/h5,7-8,14,19H,2-4,6,9-13,15H2,1H3,(H,26,29). The molecule has 158 valence electrons. The number of fused-ring (bicyclic) bond motifs is 1. The van der Waals surface area contributed by atoms with Gasteiger partial charge in [0.1, 0.15) is 0 Å². The lowest BCUT2D eigenvalue weighted by Crippen LogP contribution is -2.40. The Morgan fingerprint density at radius 2 is 2.10 bits per heavy atom. The molecule has 1 saturated heterocycles. The highest BCUT2D eigenvalue weighted by Gasteiger charge is 2.58. The number of piperidine rings is 1. The predicted octanol–water partition coefficient (Wildman–Crippen LogP) is 5.06. The van der Waals surface area contributed by atoms with Gasteiger partial charge in [0.05, 0.1) is 15.2 Å². The largest absolute Gasteiger partial charge is 0.342 e. The predicted molar refractivity (Wildman–Crippen MR) is 121 cm³/mol. The number of thiazole rings is 1. The number of nitrogens with zero attached hydrogens (tertiary/aromatic N) is 2. The van der Waals surface area contributed by atoms with Crippen LogP contribution >= 0.6 is 11.3 Å². The number of hydrogen-bond acceptors (Lipinski definition) is 4. The molecule has 2 aromatic rings. The Morgan fingerprint density at radius 3 is 2.87 bits per heavy atom. The molecule has 2 fully saturated rings. The Morgan fingerprint density at radius 1 is 1.27 bits per heavy atom. The van der Waals surface area contributed by atoms with Crippen LogP contribution in [0.3, 0.4) is 0 Å². The minimum Gasteiger partial charge on any atom is -0.342 e. The Balaban J connectivity index is 1.15. The van der Waals surface area contributed by atoms with E-state index < -0.39 is 0 Å². The van der Waals surface area contributed by atoms with E-state index in [1.807, 2.05) is 30.0 Å². The van der Waals surface area contributed by atoms with Gasteiger partial charge in [0.2, 0.25) is 11.8 Å². The minimum absolute atomic E-state index is 0.0728. The summed E-state index contributed by atoms with van der Waals surface area (Å²) in [6, 6.07) is 5.96. The average Bonchev–Trinajstić information content (AvgIpc) is 3.31. The number of carbonyl (C=O) groups excluding carboxylic acids is 2. The van der Waals surface area contributed by atoms with Gasteiger partial charge in [-0.25, -0.2) is 4.98 Å². The summed E-state index contributed by atoms with van der Waals surface area (Å²) >= 11 is 1.67. The molecule has 0 bridgehead atoms. The summed E-state index contributed by atoms with van der Waals surface area (Å²) in [5.41, 5.74) is 3.20. The first-order chi connectivity index (χ1) is 14.5. The number of aryl methyl sites for hydroxylation is 1. The molecule has 1 aromatic carbocycles. The van der Waals surface area contributed by atoms with E-state index in [1.165, 1.54) is 18.4 Å². The van der Waals surface area contributed by atoms with Crippen LogP contribution in [0.1, 0.15) is 56.4 Å². The number of aromatic nitrogens is 1. The third-order valence-corrected chi connectivity index (χ3v) is 8.10. The topological polar surface area (TPSA) is 62.3 Å². The van der Waals surface area contributed by atoms with Crippen LogP contribution in [-0.2, 0) is 9.59 Å². The van der Waals surface area contributed by atoms with Crippen LogP contribution in [0.15, 0.2) is 29.8 Å². The fourth-order valence-electron chi connectivity index (χ4n) is 5.19. The first kappa shape index (κ1) is 19.7. The lowest BCUT2D eigenvalue weighted by atomic mass is 9.90. The van der Waals surface area contributed by atoms with E-state index in [0.29, 0.717) is 6.42 Å². The maximum atomic E-state index is 12.9. The second-order valence-electron chi connectivity index (χ2n) is 9.19. The van der Waals surface area contributed by atoms with Crippen LogP contribution in [0.5, 0.6) is 0 Å². The molecule has 6 heteroatoms. The zero-order valence-corrected chi connectivity index (χ0v) is 18.4. The van der Waals surface area contributed by atoms with Crippen LogP contribution in [0.4, 0.5) is 5.69 Å². The summed E-state index contributed by atoms with van der Waals surface area (Å²) in [6.07, 6.45) is 10.4. The van der Waals surface area contributed by atoms with E-state index in [0.717, 1.165) is 66.1 Å². The number of amides is 2. The zero-order chi connectivity index (χ0) is 20.7. The molecule has 1 aliphatic heterocycles. The van der Waals surface area contributed by atoms with Crippen molar-refractivity contribution in [1.82, 2.24) is 9.88 Å². The van der Waals surface area contributed by atoms with Crippen LogP contribution in [0.2, 0.25) is 0 Å². The minimum atomic E-state index is 0.0728. The molecule has 1 spiro atoms. The summed E-state index contributed by atoms with van der Waals surface area (Å²) in [6.45, 7) is 3.58. The highest BCUT2D eigenvalue weighted by molar-refractivity contribution is 7.18. The van der Waals surface area contributed by atoms with Crippen molar-refractivity contribution in [2.75, 3.05) is 18.4 Å². The van der Waals surface area contributed by atoms with Crippen molar-refractivity contribution in [2.24, 2.45) is 11.3 Å². The molecule has 0 radical (unpaired) electrons. The monoisotopic (exact) mass is 423 g/mol. The van der Waals surface area contributed by atoms with Gasteiger partial charge in [-0.3, -0.25) is 9.59 Å². The smallest absolute Gasteiger partial charge is 0.228 e. The van der Waals surface area contributed by atoms with E-state index in [-0.39, 0.29) is 23.1 Å². The molecule has 30 heavy (non-hydrogen) atoms. The van der Waals surface area contributed by atoms with E-state index in [2.05, 4.69) is 16.4 Å². The number of nitrogens with one attached hydrogen (secondary N) is 1. The van der Waals surface area contributed by atoms with E-state index in [1.54, 1.807) is 11.3 Å². The van der Waals surface area contributed by atoms with Crippen molar-refractivity contribution in [2.45, 2.75) is 58.3 Å². The number of rotatable bonds is 4. The van der Waals surface area contributed by atoms with Gasteiger partial charge in [0.25, 0.3) is 0 Å². The van der Waals surface area contributed by atoms with Crippen LogP contribution in [0.25, 0.3) is 10.2 Å². The fourth-order valence-corrected chi connectivity index (χ4v) is 6.00. The molecule has 1 saturated carbocycles. The van der Waals surface area contributed by atoms with Crippen molar-refractivity contribution in [3.8, 4) is 0 Å². The number of hydrogen-bond donors (Lipinski definition) is 1. The molecule has 5 rings (SSSR count). The van der Waals surface area contributed by atoms with Gasteiger partial charge in [0, 0.05) is 31.1 Å². The number of anilines is 1. The van der Waals surface area contributed by atoms with Crippen molar-refractivity contribution in [3.63, 3.8) is 0 Å². The molecule has 1 N–H and O–H groups in total. The van der Waals surface area contributed by atoms with Crippen molar-refractivity contribution < 1.29 is 9.59 Å². The SMILES string of the molecule is Cc1nc2cc(NC(=O)C3CC34CCN(C(=O)CC3=CCCCC3)CC4)ccc2s1. The molecular formula is C24H29N3O2S. The molecular weight excluding hydrogens is 394 g/mol. The average molecular weight is 424 g/mol. The van der Waals surface area contributed by atoms with E-state index in [9.17, 15) is 9.59 Å². The second kappa shape index (κ2) is 7.80. The van der Waals surface area contributed by atoms with Crippen LogP contribution < -0.4 is 5.32 Å². The van der Waals surface area contributed by atoms with Gasteiger partial charge < -0.3 is 10.2 Å². The third kappa shape index (κ3) is 3.89. The quantitative estimate of drug-likeness (QED) is 0.699. The summed E-state index contributed by atoms with van der Waals surface area (Å²) < 4.78 is 1.15. The van der Waals surface area contributed by atoms with E-state index in [4.69, 9.17) is 0 Å². The Hall–Kier alpha value is -2.21. The lowest BCUT2D eigenvalue weighted by molar-refractivity contribution is -0.132. The number of likely N-dealkylation sites (tertiary alicyclic amines) is 1. The molecule has 1 aromatic heterocycles. The Bertz CT molecular complexity index is 1020. The molecule has 5 nitrogen and oxygen atoms in total. The van der Waals surface area contributed by atoms with Gasteiger partial charge in [0.15, 0.2) is 0 Å². The van der Waals surface area contributed by atoms with Gasteiger partial charge in [-0.15, -0.1) is 11.3 Å². The summed E-state index contributed by atoms with van der Waals surface area (Å²) in [4.78, 5) is 32.1. The fraction of sp³-hybridized carbons (Fsp3) is 0.542. The second-order valence-corrected chi connectivity index (χ2v) is 10.4. The molecule has 1 unspecified atom stereocenters. The number of allylic oxidation sites excluding steroid dienone is 1. The van der Waals surface area contributed by atoms with Crippen LogP contribution in [0, 0.1) is 18.3 Å². The summed E-state index contributed by atoms with van der Waals surface area (Å²) in [5.74, 6) is 0.462. The van der Waals surface area contributed by atoms with Gasteiger partial charge in [-0.05, 0) is 75.5 Å². The van der Waals surface area contributed by atoms with Gasteiger partial charge >= 0.3 is 0 Å². The van der Waals surface area contributed by atoms with Crippen LogP contribution in [-0.4, -0.2) is 34.8 Å². The maximum Gasteiger partial charge on any atom is 0.228 e. The molecule has 2 heterocycles. The maximum absolute atomic E-state index is 12.9. The molecule has 2 aliphatic carbocycles. The molecule has 1 atom stereocenters. The first-order valence-corrected chi connectivity index (χ1v) is 12.0. The van der Waals surface area contributed by atoms with Gasteiger partial charge in [-0.2, -0.15) is 0 Å². The first-order valence-electron chi connectivity index (χ1n) is 11.2. The number of carbonyl (C=O) groups is 2. The Labute approximate surface area is 181 Å². The van der Waals surface area contributed by atoms with Crippen molar-refractivity contribution in [1.29, 1.82) is 0 Å². The van der Waals surface area contributed by atoms with Crippen molar-refractivity contribution >= 4 is 39.1 Å². The molecule has 3 aliphatic rings. The normalized spacial score (nSPS) is 22.8. The Kier molecular flexibility index (Phi) is 5.13. The highest BCUT2D eigenvalue weighted by Crippen LogP contribution is 2.59. The van der Waals surface area contributed by atoms with E-state index >= 15 is 0 Å². The summed E-state index contributed by atoms with van der Waals surface area (Å²) in [5, 5.41) is 4.14. The van der Waals surface area contributed by atoms with Gasteiger partial charge in [-0.1, -0.05) is 11.6 Å². The number of benzene rings is 1.